The first kappa shape index (κ1) is 14.1. The van der Waals surface area contributed by atoms with Crippen molar-refractivity contribution in [2.45, 2.75) is 50.1 Å². The van der Waals surface area contributed by atoms with Crippen LogP contribution in [0.3, 0.4) is 0 Å². The Bertz CT molecular complexity index is 442. The molecule has 1 saturated carbocycles. The minimum atomic E-state index is -4.58. The molecule has 0 aromatic carbocycles. The lowest BCUT2D eigenvalue weighted by Crippen LogP contribution is -2.34. The van der Waals surface area contributed by atoms with E-state index in [0.717, 1.165) is 12.4 Å². The molecule has 1 fully saturated rings. The molecule has 19 heavy (non-hydrogen) atoms. The molecule has 0 unspecified atom stereocenters. The molecule has 1 aromatic rings. The van der Waals surface area contributed by atoms with Gasteiger partial charge < -0.3 is 0 Å². The van der Waals surface area contributed by atoms with Crippen LogP contribution in [0.1, 0.15) is 44.0 Å². The van der Waals surface area contributed by atoms with Crippen molar-refractivity contribution in [2.75, 3.05) is 0 Å². The maximum Gasteiger partial charge on any atom is 0.451 e. The molecule has 0 N–H and O–H groups in total. The van der Waals surface area contributed by atoms with Crippen molar-refractivity contribution in [3.63, 3.8) is 0 Å². The van der Waals surface area contributed by atoms with E-state index in [1.807, 2.05) is 0 Å². The fourth-order valence-corrected chi connectivity index (χ4v) is 2.24. The van der Waals surface area contributed by atoms with Crippen LogP contribution in [0.2, 0.25) is 0 Å². The van der Waals surface area contributed by atoms with Gasteiger partial charge in [-0.2, -0.15) is 13.2 Å². The first-order valence-corrected chi connectivity index (χ1v) is 5.90. The molecule has 1 aromatic heterocycles. The highest BCUT2D eigenvalue weighted by Crippen LogP contribution is 2.44. The molecule has 2 nitrogen and oxygen atoms in total. The third-order valence-electron chi connectivity index (χ3n) is 3.69. The summed E-state index contributed by atoms with van der Waals surface area (Å²) in [6.45, 7) is 1.76. The highest BCUT2D eigenvalue weighted by molar-refractivity contribution is 5.20. The van der Waals surface area contributed by atoms with E-state index in [4.69, 9.17) is 0 Å². The second-order valence-electron chi connectivity index (χ2n) is 5.21. The lowest BCUT2D eigenvalue weighted by atomic mass is 9.71. The summed E-state index contributed by atoms with van der Waals surface area (Å²) < 4.78 is 63.2. The number of aromatic nitrogens is 2. The number of rotatable bonds is 1. The van der Waals surface area contributed by atoms with E-state index in [1.54, 1.807) is 6.92 Å². The average Bonchev–Trinajstić information content (AvgIpc) is 2.33. The van der Waals surface area contributed by atoms with Crippen LogP contribution in [0.4, 0.5) is 22.0 Å². The van der Waals surface area contributed by atoms with Gasteiger partial charge in [0.15, 0.2) is 0 Å². The third kappa shape index (κ3) is 3.01. The quantitative estimate of drug-likeness (QED) is 0.728. The molecule has 0 bridgehead atoms. The standard InChI is InChI=1S/C12H13F5N2/c1-10(2-4-11(13,14)5-3-10)8-6-18-9(19-7-8)12(15,16)17/h6-7H,2-5H2,1H3. The van der Waals surface area contributed by atoms with Crippen LogP contribution >= 0.6 is 0 Å². The smallest absolute Gasteiger partial charge is 0.233 e. The van der Waals surface area contributed by atoms with Crippen molar-refractivity contribution < 1.29 is 22.0 Å². The van der Waals surface area contributed by atoms with Gasteiger partial charge in [-0.3, -0.25) is 0 Å². The van der Waals surface area contributed by atoms with Gasteiger partial charge in [-0.05, 0) is 23.8 Å². The Kier molecular flexibility index (Phi) is 3.26. The monoisotopic (exact) mass is 280 g/mol. The molecule has 1 heterocycles. The highest BCUT2D eigenvalue weighted by atomic mass is 19.4. The van der Waals surface area contributed by atoms with E-state index in [2.05, 4.69) is 9.97 Å². The van der Waals surface area contributed by atoms with Gasteiger partial charge in [-0.1, -0.05) is 6.92 Å². The Hall–Kier alpha value is -1.27. The van der Waals surface area contributed by atoms with Gasteiger partial charge in [0, 0.05) is 25.2 Å². The predicted molar refractivity (Wildman–Crippen MR) is 57.8 cm³/mol. The van der Waals surface area contributed by atoms with Crippen LogP contribution in [0.5, 0.6) is 0 Å². The molecule has 0 saturated heterocycles. The second kappa shape index (κ2) is 4.38. The summed E-state index contributed by atoms with van der Waals surface area (Å²) in [7, 11) is 0. The SMILES string of the molecule is CC1(c2cnc(C(F)(F)F)nc2)CCC(F)(F)CC1. The Labute approximate surface area is 107 Å². The van der Waals surface area contributed by atoms with Crippen molar-refractivity contribution in [3.05, 3.63) is 23.8 Å². The fourth-order valence-electron chi connectivity index (χ4n) is 2.24. The van der Waals surface area contributed by atoms with Gasteiger partial charge in [0.1, 0.15) is 0 Å². The normalized spacial score (nSPS) is 22.2. The largest absolute Gasteiger partial charge is 0.451 e. The zero-order chi connectivity index (χ0) is 14.3. The van der Waals surface area contributed by atoms with E-state index in [0.29, 0.717) is 5.56 Å². The topological polar surface area (TPSA) is 25.8 Å². The molecule has 7 heteroatoms. The van der Waals surface area contributed by atoms with Crippen LogP contribution in [0.25, 0.3) is 0 Å². The van der Waals surface area contributed by atoms with E-state index >= 15 is 0 Å². The van der Waals surface area contributed by atoms with Gasteiger partial charge in [0.25, 0.3) is 0 Å². The number of halogens is 5. The lowest BCUT2D eigenvalue weighted by molar-refractivity contribution is -0.145. The van der Waals surface area contributed by atoms with Crippen LogP contribution < -0.4 is 0 Å². The van der Waals surface area contributed by atoms with E-state index in [9.17, 15) is 22.0 Å². The molecule has 0 spiro atoms. The zero-order valence-electron chi connectivity index (χ0n) is 10.3. The van der Waals surface area contributed by atoms with E-state index < -0.39 is 23.3 Å². The third-order valence-corrected chi connectivity index (χ3v) is 3.69. The summed E-state index contributed by atoms with van der Waals surface area (Å²) in [6, 6.07) is 0. The van der Waals surface area contributed by atoms with Gasteiger partial charge in [-0.15, -0.1) is 0 Å². The van der Waals surface area contributed by atoms with Crippen molar-refractivity contribution in [1.29, 1.82) is 0 Å². The van der Waals surface area contributed by atoms with Crippen LogP contribution in [0.15, 0.2) is 12.4 Å². The summed E-state index contributed by atoms with van der Waals surface area (Å²) in [6.07, 6.45) is -2.48. The first-order chi connectivity index (χ1) is 8.62. The summed E-state index contributed by atoms with van der Waals surface area (Å²) in [5.74, 6) is -3.88. The Balaban J connectivity index is 2.19. The van der Waals surface area contributed by atoms with Gasteiger partial charge in [-0.25, -0.2) is 18.7 Å². The molecule has 0 aliphatic heterocycles. The molecule has 0 atom stereocenters. The lowest BCUT2D eigenvalue weighted by Gasteiger charge is -2.37. The van der Waals surface area contributed by atoms with Gasteiger partial charge >= 0.3 is 6.18 Å². The Morgan fingerprint density at radius 2 is 1.47 bits per heavy atom. The maximum absolute atomic E-state index is 13.1. The number of hydrogen-bond donors (Lipinski definition) is 0. The summed E-state index contributed by atoms with van der Waals surface area (Å²) in [5, 5.41) is 0. The number of hydrogen-bond acceptors (Lipinski definition) is 2. The maximum atomic E-state index is 13.1. The van der Waals surface area contributed by atoms with Crippen molar-refractivity contribution >= 4 is 0 Å². The Morgan fingerprint density at radius 3 is 1.89 bits per heavy atom. The number of nitrogens with zero attached hydrogens (tertiary/aromatic N) is 2. The molecule has 106 valence electrons. The molecule has 2 rings (SSSR count). The first-order valence-electron chi connectivity index (χ1n) is 5.90. The molecule has 1 aliphatic rings. The minimum absolute atomic E-state index is 0.217. The van der Waals surface area contributed by atoms with E-state index in [1.165, 1.54) is 0 Å². The van der Waals surface area contributed by atoms with Gasteiger partial charge in [0.2, 0.25) is 11.7 Å². The van der Waals surface area contributed by atoms with Crippen molar-refractivity contribution in [3.8, 4) is 0 Å². The molecule has 1 aliphatic carbocycles. The van der Waals surface area contributed by atoms with Gasteiger partial charge in [0.05, 0.1) is 0 Å². The van der Waals surface area contributed by atoms with Crippen molar-refractivity contribution in [2.24, 2.45) is 0 Å². The molecule has 0 amide bonds. The zero-order valence-corrected chi connectivity index (χ0v) is 10.3. The average molecular weight is 280 g/mol. The summed E-state index contributed by atoms with van der Waals surface area (Å²) in [4.78, 5) is 6.57. The van der Waals surface area contributed by atoms with E-state index in [-0.39, 0.29) is 25.7 Å². The predicted octanol–water partition coefficient (Wildman–Crippen LogP) is 3.96. The molecular formula is C12H13F5N2. The van der Waals surface area contributed by atoms with Crippen molar-refractivity contribution in [1.82, 2.24) is 9.97 Å². The second-order valence-corrected chi connectivity index (χ2v) is 5.21. The van der Waals surface area contributed by atoms with Crippen LogP contribution in [-0.2, 0) is 11.6 Å². The van der Waals surface area contributed by atoms with Crippen LogP contribution in [-0.4, -0.2) is 15.9 Å². The Morgan fingerprint density at radius 1 is 1.00 bits per heavy atom. The number of alkyl halides is 5. The highest BCUT2D eigenvalue weighted by Gasteiger charge is 2.42. The summed E-state index contributed by atoms with van der Waals surface area (Å²) >= 11 is 0. The minimum Gasteiger partial charge on any atom is -0.233 e. The summed E-state index contributed by atoms with van der Waals surface area (Å²) in [5.41, 5.74) is -0.0952. The molecule has 0 radical (unpaired) electrons. The van der Waals surface area contributed by atoms with Crippen LogP contribution in [0, 0.1) is 0 Å². The fraction of sp³-hybridized carbons (Fsp3) is 0.667. The molecular weight excluding hydrogens is 267 g/mol.